The number of thiazole rings is 1. The number of rotatable bonds is 4. The third-order valence-electron chi connectivity index (χ3n) is 2.20. The van der Waals surface area contributed by atoms with E-state index >= 15 is 0 Å². The number of aromatic nitrogens is 1. The van der Waals surface area contributed by atoms with Gasteiger partial charge in [-0.2, -0.15) is 0 Å². The minimum atomic E-state index is -0.108. The summed E-state index contributed by atoms with van der Waals surface area (Å²) in [6.45, 7) is 0.567. The summed E-state index contributed by atoms with van der Waals surface area (Å²) in [5, 5.41) is 13.4. The van der Waals surface area contributed by atoms with Gasteiger partial charge in [0.15, 0.2) is 0 Å². The molecule has 6 heteroatoms. The van der Waals surface area contributed by atoms with E-state index in [9.17, 15) is 4.79 Å². The number of aliphatic hydroxyl groups is 1. The zero-order valence-electron chi connectivity index (χ0n) is 10.0. The summed E-state index contributed by atoms with van der Waals surface area (Å²) < 4.78 is 0. The normalized spacial score (nSPS) is 9.74. The molecule has 0 aliphatic carbocycles. The van der Waals surface area contributed by atoms with Crippen molar-refractivity contribution in [2.24, 2.45) is 0 Å². The van der Waals surface area contributed by atoms with Crippen LogP contribution in [-0.2, 0) is 6.54 Å². The van der Waals surface area contributed by atoms with Crippen molar-refractivity contribution in [3.05, 3.63) is 38.5 Å². The Morgan fingerprint density at radius 1 is 1.47 bits per heavy atom. The first kappa shape index (κ1) is 13.7. The predicted molar refractivity (Wildman–Crippen MR) is 76.2 cm³/mol. The number of aliphatic hydroxyl groups excluding tert-OH is 1. The number of thiophene rings is 1. The van der Waals surface area contributed by atoms with Crippen LogP contribution in [-0.4, -0.2) is 22.6 Å². The first-order valence-electron chi connectivity index (χ1n) is 5.63. The molecule has 0 radical (unpaired) electrons. The van der Waals surface area contributed by atoms with Crippen LogP contribution in [0.25, 0.3) is 0 Å². The van der Waals surface area contributed by atoms with Gasteiger partial charge in [0.2, 0.25) is 0 Å². The Morgan fingerprint density at radius 3 is 3.11 bits per heavy atom. The topological polar surface area (TPSA) is 62.2 Å². The van der Waals surface area contributed by atoms with Crippen LogP contribution < -0.4 is 5.32 Å². The molecule has 2 aromatic heterocycles. The van der Waals surface area contributed by atoms with Gasteiger partial charge in [0, 0.05) is 22.2 Å². The number of carbonyl (C=O) groups excluding carboxylic acids is 1. The van der Waals surface area contributed by atoms with Gasteiger partial charge in [0.05, 0.1) is 24.9 Å². The number of nitrogens with zero attached hydrogens (tertiary/aromatic N) is 1. The van der Waals surface area contributed by atoms with Gasteiger partial charge < -0.3 is 10.4 Å². The summed E-state index contributed by atoms with van der Waals surface area (Å²) in [6.07, 6.45) is 2.04. The molecule has 0 aromatic carbocycles. The zero-order valence-corrected chi connectivity index (χ0v) is 11.7. The molecule has 0 saturated heterocycles. The smallest absolute Gasteiger partial charge is 0.263 e. The number of hydrogen-bond acceptors (Lipinski definition) is 5. The van der Waals surface area contributed by atoms with E-state index in [-0.39, 0.29) is 12.5 Å². The van der Waals surface area contributed by atoms with E-state index in [1.54, 1.807) is 23.0 Å². The van der Waals surface area contributed by atoms with Crippen LogP contribution in [0.3, 0.4) is 0 Å². The van der Waals surface area contributed by atoms with Crippen LogP contribution in [0.5, 0.6) is 0 Å². The molecule has 1 amide bonds. The molecular weight excluding hydrogens is 280 g/mol. The molecule has 0 unspecified atom stereocenters. The monoisotopic (exact) mass is 292 g/mol. The minimum absolute atomic E-state index is 0.0783. The fourth-order valence-corrected chi connectivity index (χ4v) is 2.63. The lowest BCUT2D eigenvalue weighted by Crippen LogP contribution is -2.21. The van der Waals surface area contributed by atoms with Crippen LogP contribution in [0.1, 0.15) is 26.5 Å². The second-order valence-corrected chi connectivity index (χ2v) is 5.51. The van der Waals surface area contributed by atoms with Crippen LogP contribution in [0, 0.1) is 11.8 Å². The maximum absolute atomic E-state index is 11.7. The van der Waals surface area contributed by atoms with Gasteiger partial charge in [-0.05, 0) is 6.07 Å². The van der Waals surface area contributed by atoms with Crippen molar-refractivity contribution in [1.82, 2.24) is 10.3 Å². The molecule has 0 saturated carbocycles. The molecule has 98 valence electrons. The molecule has 0 aliphatic heterocycles. The van der Waals surface area contributed by atoms with Gasteiger partial charge in [0.1, 0.15) is 4.88 Å². The zero-order chi connectivity index (χ0) is 13.5. The van der Waals surface area contributed by atoms with Crippen molar-refractivity contribution < 1.29 is 9.90 Å². The molecule has 2 N–H and O–H groups in total. The number of hydrogen-bond donors (Lipinski definition) is 2. The van der Waals surface area contributed by atoms with Crippen LogP contribution in [0.2, 0.25) is 0 Å². The summed E-state index contributed by atoms with van der Waals surface area (Å²) in [5.74, 6) is 5.72. The van der Waals surface area contributed by atoms with E-state index in [4.69, 9.17) is 5.11 Å². The third kappa shape index (κ3) is 4.17. The molecule has 0 atom stereocenters. The Balaban J connectivity index is 1.87. The van der Waals surface area contributed by atoms with Gasteiger partial charge in [-0.15, -0.1) is 22.7 Å². The van der Waals surface area contributed by atoms with E-state index in [0.717, 1.165) is 10.4 Å². The van der Waals surface area contributed by atoms with Gasteiger partial charge in [-0.25, -0.2) is 0 Å². The maximum atomic E-state index is 11.7. The average Bonchev–Trinajstić information content (AvgIpc) is 3.08. The largest absolute Gasteiger partial charge is 0.395 e. The van der Waals surface area contributed by atoms with Gasteiger partial charge >= 0.3 is 0 Å². The van der Waals surface area contributed by atoms with E-state index in [1.165, 1.54) is 11.3 Å². The molecule has 0 spiro atoms. The highest BCUT2D eigenvalue weighted by atomic mass is 32.1. The standard InChI is InChI=1S/C13H12N2O2S2/c16-4-2-1-3-10-5-11(18-8-10)6-15-13(17)12-7-14-9-19-12/h5,7-9,16H,2,4,6H2,(H,15,17). The molecular formula is C13H12N2O2S2. The van der Waals surface area contributed by atoms with Crippen molar-refractivity contribution >= 4 is 28.6 Å². The van der Waals surface area contributed by atoms with Crippen molar-refractivity contribution in [2.75, 3.05) is 6.61 Å². The second kappa shape index (κ2) is 7.04. The Bertz CT molecular complexity index is 594. The second-order valence-electron chi connectivity index (χ2n) is 3.63. The molecule has 19 heavy (non-hydrogen) atoms. The molecule has 4 nitrogen and oxygen atoms in total. The Morgan fingerprint density at radius 2 is 2.37 bits per heavy atom. The predicted octanol–water partition coefficient (Wildman–Crippen LogP) is 1.87. The Kier molecular flexibility index (Phi) is 5.10. The average molecular weight is 292 g/mol. The van der Waals surface area contributed by atoms with Crippen molar-refractivity contribution in [2.45, 2.75) is 13.0 Å². The quantitative estimate of drug-likeness (QED) is 0.846. The first-order valence-corrected chi connectivity index (χ1v) is 7.39. The molecule has 0 aliphatic rings. The van der Waals surface area contributed by atoms with Crippen molar-refractivity contribution in [3.63, 3.8) is 0 Å². The van der Waals surface area contributed by atoms with Gasteiger partial charge in [0.25, 0.3) is 5.91 Å². The highest BCUT2D eigenvalue weighted by Crippen LogP contribution is 2.14. The fourth-order valence-electron chi connectivity index (χ4n) is 1.34. The van der Waals surface area contributed by atoms with Gasteiger partial charge in [-0.1, -0.05) is 11.8 Å². The van der Waals surface area contributed by atoms with Gasteiger partial charge in [-0.3, -0.25) is 9.78 Å². The van der Waals surface area contributed by atoms with E-state index < -0.39 is 0 Å². The number of carbonyl (C=O) groups is 1. The minimum Gasteiger partial charge on any atom is -0.395 e. The van der Waals surface area contributed by atoms with Crippen LogP contribution >= 0.6 is 22.7 Å². The highest BCUT2D eigenvalue weighted by molar-refractivity contribution is 7.11. The lowest BCUT2D eigenvalue weighted by atomic mass is 10.3. The molecule has 0 fully saturated rings. The molecule has 0 bridgehead atoms. The van der Waals surface area contributed by atoms with Crippen LogP contribution in [0.15, 0.2) is 23.2 Å². The third-order valence-corrected chi connectivity index (χ3v) is 3.91. The Hall–Kier alpha value is -1.68. The summed E-state index contributed by atoms with van der Waals surface area (Å²) in [7, 11) is 0. The highest BCUT2D eigenvalue weighted by Gasteiger charge is 2.07. The molecule has 2 aromatic rings. The Labute approximate surface area is 119 Å². The molecule has 2 heterocycles. The van der Waals surface area contributed by atoms with E-state index in [2.05, 4.69) is 22.1 Å². The fraction of sp³-hybridized carbons (Fsp3) is 0.231. The molecule has 2 rings (SSSR count). The SMILES string of the molecule is O=C(NCc1cc(C#CCCO)cs1)c1cncs1. The summed E-state index contributed by atoms with van der Waals surface area (Å²) in [4.78, 5) is 17.2. The number of amides is 1. The van der Waals surface area contributed by atoms with E-state index in [1.807, 2.05) is 11.4 Å². The van der Waals surface area contributed by atoms with Crippen LogP contribution in [0.4, 0.5) is 0 Å². The number of nitrogens with one attached hydrogen (secondary N) is 1. The lowest BCUT2D eigenvalue weighted by Gasteiger charge is -1.99. The summed E-state index contributed by atoms with van der Waals surface area (Å²) in [6, 6.07) is 1.95. The maximum Gasteiger partial charge on any atom is 0.263 e. The van der Waals surface area contributed by atoms with Crippen molar-refractivity contribution in [1.29, 1.82) is 0 Å². The lowest BCUT2D eigenvalue weighted by molar-refractivity contribution is 0.0955. The first-order chi connectivity index (χ1) is 9.29. The summed E-state index contributed by atoms with van der Waals surface area (Å²) >= 11 is 2.87. The van der Waals surface area contributed by atoms with E-state index in [0.29, 0.717) is 17.8 Å². The van der Waals surface area contributed by atoms with Crippen molar-refractivity contribution in [3.8, 4) is 11.8 Å². The summed E-state index contributed by atoms with van der Waals surface area (Å²) in [5.41, 5.74) is 2.55.